The molecule has 0 aliphatic rings. The molecule has 16 rings (SSSR count). The van der Waals surface area contributed by atoms with Crippen LogP contribution in [0.15, 0.2) is 303 Å². The van der Waals surface area contributed by atoms with Gasteiger partial charge in [0.2, 0.25) is 0 Å². The van der Waals surface area contributed by atoms with Crippen LogP contribution in [0.25, 0.3) is 159 Å². The van der Waals surface area contributed by atoms with Gasteiger partial charge in [0.05, 0.1) is 16.7 Å². The van der Waals surface area contributed by atoms with E-state index in [1.54, 1.807) is 0 Å². The first-order chi connectivity index (χ1) is 41.6. The monoisotopic (exact) mass is 1090 g/mol. The third-order valence-corrected chi connectivity index (χ3v) is 17.6. The molecule has 3 aromatic heterocycles. The molecule has 0 saturated heterocycles. The lowest BCUT2D eigenvalue weighted by Crippen LogP contribution is -2.02. The van der Waals surface area contributed by atoms with Gasteiger partial charge < -0.3 is 4.57 Å². The van der Waals surface area contributed by atoms with Crippen molar-refractivity contribution in [3.8, 4) is 107 Å². The van der Waals surface area contributed by atoms with Crippen LogP contribution in [-0.2, 0) is 0 Å². The van der Waals surface area contributed by atoms with Crippen molar-refractivity contribution in [2.24, 2.45) is 0 Å². The number of fused-ring (bicyclic) bond motifs is 7. The summed E-state index contributed by atoms with van der Waals surface area (Å²) < 4.78 is 4.99. The summed E-state index contributed by atoms with van der Waals surface area (Å²) in [7, 11) is 0. The SMILES string of the molecule is c1ccc(-c2ccc(-c3ccc(-c4nc(-c5ccc(-c6ccc(-c7ccccc7)cc6)cc5)nc(-c5ccc(-n6c7cc8ccccc8cc7c7c(-c8ccccc8)cccc76)c(-c6cccc7sc8ccccc8c67)c5)n4)cc3)cc2)cc1. The molecule has 0 atom stereocenters. The van der Waals surface area contributed by atoms with Crippen molar-refractivity contribution in [1.29, 1.82) is 0 Å². The Morgan fingerprint density at radius 1 is 0.238 bits per heavy atom. The molecule has 0 fully saturated rings. The maximum absolute atomic E-state index is 5.43. The van der Waals surface area contributed by atoms with Crippen LogP contribution < -0.4 is 0 Å². The van der Waals surface area contributed by atoms with Crippen LogP contribution in [0.5, 0.6) is 0 Å². The van der Waals surface area contributed by atoms with Gasteiger partial charge in [0.25, 0.3) is 0 Å². The molecule has 0 unspecified atom stereocenters. The topological polar surface area (TPSA) is 43.6 Å². The minimum atomic E-state index is 0.589. The van der Waals surface area contributed by atoms with E-state index in [2.05, 4.69) is 308 Å². The zero-order valence-electron chi connectivity index (χ0n) is 45.6. The number of hydrogen-bond acceptors (Lipinski definition) is 4. The van der Waals surface area contributed by atoms with Crippen LogP contribution in [-0.4, -0.2) is 19.5 Å². The molecule has 0 bridgehead atoms. The molecule has 5 heteroatoms. The van der Waals surface area contributed by atoms with Crippen LogP contribution in [0.2, 0.25) is 0 Å². The van der Waals surface area contributed by atoms with Crippen molar-refractivity contribution in [2.45, 2.75) is 0 Å². The second kappa shape index (κ2) is 20.6. The van der Waals surface area contributed by atoms with Gasteiger partial charge in [0, 0.05) is 53.2 Å². The molecular formula is C79H50N4S. The normalized spacial score (nSPS) is 11.6. The molecule has 16 aromatic rings. The first-order valence-electron chi connectivity index (χ1n) is 28.5. The second-order valence-corrected chi connectivity index (χ2v) is 22.6. The number of benzene rings is 13. The standard InChI is InChI=1S/C79H50N4S/c1-4-16-51(17-5-1)53-30-34-55(35-31-53)57-38-42-60(43-39-57)77-80-78(61-44-40-58(41-45-61)56-36-32-54(33-37-56)52-18-6-2-7-19-52)82-79(81-77)64-46-47-70(68(49-64)66-26-15-29-74-76(66)67-24-12-13-28-73(67)84-74)83-71-27-14-25-65(59-20-8-3-9-21-59)75(71)69-48-62-22-10-11-23-63(62)50-72(69)83/h1-50H. The Bertz CT molecular complexity index is 4980. The molecular weight excluding hydrogens is 1040 g/mol. The van der Waals surface area contributed by atoms with E-state index in [9.17, 15) is 0 Å². The molecule has 0 saturated carbocycles. The molecule has 392 valence electrons. The third kappa shape index (κ3) is 8.74. The van der Waals surface area contributed by atoms with E-state index in [0.717, 1.165) is 66.8 Å². The molecule has 84 heavy (non-hydrogen) atoms. The van der Waals surface area contributed by atoms with Crippen molar-refractivity contribution < 1.29 is 0 Å². The van der Waals surface area contributed by atoms with Crippen molar-refractivity contribution in [3.05, 3.63) is 303 Å². The maximum atomic E-state index is 5.43. The quantitative estimate of drug-likeness (QED) is 0.137. The van der Waals surface area contributed by atoms with Crippen LogP contribution in [0.1, 0.15) is 0 Å². The zero-order chi connectivity index (χ0) is 55.5. The van der Waals surface area contributed by atoms with Crippen molar-refractivity contribution in [3.63, 3.8) is 0 Å². The molecule has 0 aliphatic heterocycles. The Hall–Kier alpha value is -10.9. The highest BCUT2D eigenvalue weighted by Gasteiger charge is 2.23. The lowest BCUT2D eigenvalue weighted by Gasteiger charge is -2.17. The smallest absolute Gasteiger partial charge is 0.164 e. The summed E-state index contributed by atoms with van der Waals surface area (Å²) >= 11 is 1.84. The second-order valence-electron chi connectivity index (χ2n) is 21.5. The van der Waals surface area contributed by atoms with E-state index < -0.39 is 0 Å². The molecule has 0 aliphatic carbocycles. The minimum absolute atomic E-state index is 0.589. The number of thiophene rings is 1. The maximum Gasteiger partial charge on any atom is 0.164 e. The summed E-state index contributed by atoms with van der Waals surface area (Å²) in [4.78, 5) is 16.2. The lowest BCUT2D eigenvalue weighted by atomic mass is 9.95. The van der Waals surface area contributed by atoms with Crippen molar-refractivity contribution in [2.75, 3.05) is 0 Å². The fourth-order valence-electron chi connectivity index (χ4n) is 12.3. The van der Waals surface area contributed by atoms with E-state index in [-0.39, 0.29) is 0 Å². The van der Waals surface area contributed by atoms with Crippen molar-refractivity contribution in [1.82, 2.24) is 19.5 Å². The van der Waals surface area contributed by atoms with E-state index in [0.29, 0.717) is 17.5 Å². The zero-order valence-corrected chi connectivity index (χ0v) is 46.4. The van der Waals surface area contributed by atoms with Crippen LogP contribution in [0.3, 0.4) is 0 Å². The molecule has 13 aromatic carbocycles. The average molecular weight is 1090 g/mol. The summed E-state index contributed by atoms with van der Waals surface area (Å²) in [5, 5.41) is 7.28. The minimum Gasteiger partial charge on any atom is -0.309 e. The summed E-state index contributed by atoms with van der Waals surface area (Å²) in [6.45, 7) is 0. The summed E-state index contributed by atoms with van der Waals surface area (Å²) in [6, 6.07) is 109. The van der Waals surface area contributed by atoms with E-state index in [4.69, 9.17) is 15.0 Å². The molecule has 4 nitrogen and oxygen atoms in total. The van der Waals surface area contributed by atoms with E-state index in [1.165, 1.54) is 75.1 Å². The van der Waals surface area contributed by atoms with Gasteiger partial charge in [-0.1, -0.05) is 255 Å². The van der Waals surface area contributed by atoms with Crippen LogP contribution in [0.4, 0.5) is 0 Å². The largest absolute Gasteiger partial charge is 0.309 e. The van der Waals surface area contributed by atoms with Crippen LogP contribution in [0, 0.1) is 0 Å². The summed E-state index contributed by atoms with van der Waals surface area (Å²) in [5.74, 6) is 1.78. The molecule has 0 radical (unpaired) electrons. The third-order valence-electron chi connectivity index (χ3n) is 16.5. The lowest BCUT2D eigenvalue weighted by molar-refractivity contribution is 1.07. The molecule has 3 heterocycles. The Labute approximate surface area is 490 Å². The molecule has 0 spiro atoms. The predicted octanol–water partition coefficient (Wildman–Crippen LogP) is 21.5. The van der Waals surface area contributed by atoms with Gasteiger partial charge in [-0.05, 0) is 121 Å². The Morgan fingerprint density at radius 3 is 1.21 bits per heavy atom. The molecule has 0 N–H and O–H groups in total. The highest BCUT2D eigenvalue weighted by Crippen LogP contribution is 2.46. The average Bonchev–Trinajstić information content (AvgIpc) is 2.07. The number of nitrogens with zero attached hydrogens (tertiary/aromatic N) is 4. The Morgan fingerprint density at radius 2 is 0.655 bits per heavy atom. The highest BCUT2D eigenvalue weighted by molar-refractivity contribution is 7.26. The summed E-state index contributed by atoms with van der Waals surface area (Å²) in [5.41, 5.74) is 19.9. The number of rotatable bonds is 10. The van der Waals surface area contributed by atoms with Gasteiger partial charge in [0.1, 0.15) is 0 Å². The van der Waals surface area contributed by atoms with Gasteiger partial charge in [-0.25, -0.2) is 15.0 Å². The van der Waals surface area contributed by atoms with Gasteiger partial charge in [0.15, 0.2) is 17.5 Å². The number of hydrogen-bond donors (Lipinski definition) is 0. The Kier molecular flexibility index (Phi) is 12.0. The van der Waals surface area contributed by atoms with Crippen molar-refractivity contribution >= 4 is 64.1 Å². The molecule has 0 amide bonds. The van der Waals surface area contributed by atoms with Gasteiger partial charge in [-0.2, -0.15) is 0 Å². The van der Waals surface area contributed by atoms with Gasteiger partial charge in [-0.3, -0.25) is 0 Å². The van der Waals surface area contributed by atoms with Crippen LogP contribution >= 0.6 is 11.3 Å². The van der Waals surface area contributed by atoms with E-state index in [1.807, 2.05) is 11.3 Å². The first-order valence-corrected chi connectivity index (χ1v) is 29.3. The van der Waals surface area contributed by atoms with Gasteiger partial charge in [-0.15, -0.1) is 11.3 Å². The Balaban J connectivity index is 0.885. The van der Waals surface area contributed by atoms with E-state index >= 15 is 0 Å². The number of aromatic nitrogens is 4. The van der Waals surface area contributed by atoms with Gasteiger partial charge >= 0.3 is 0 Å². The fraction of sp³-hybridized carbons (Fsp3) is 0. The predicted molar refractivity (Wildman–Crippen MR) is 353 cm³/mol. The highest BCUT2D eigenvalue weighted by atomic mass is 32.1. The fourth-order valence-corrected chi connectivity index (χ4v) is 13.4. The first kappa shape index (κ1) is 49.0. The summed E-state index contributed by atoms with van der Waals surface area (Å²) in [6.07, 6.45) is 0.